The van der Waals surface area contributed by atoms with Crippen molar-refractivity contribution in [3.8, 4) is 0 Å². The summed E-state index contributed by atoms with van der Waals surface area (Å²) in [6, 6.07) is 5.53. The smallest absolute Gasteiger partial charge is 0.142 e. The molecule has 106 valence electrons. The maximum absolute atomic E-state index is 13.5. The van der Waals surface area contributed by atoms with Crippen LogP contribution in [0.25, 0.3) is 0 Å². The number of rotatable bonds is 5. The van der Waals surface area contributed by atoms with Crippen molar-refractivity contribution in [1.82, 2.24) is 5.32 Å². The molecule has 0 saturated carbocycles. The second kappa shape index (κ2) is 6.47. The fourth-order valence-corrected chi connectivity index (χ4v) is 4.26. The molecule has 1 heterocycles. The summed E-state index contributed by atoms with van der Waals surface area (Å²) < 4.78 is 13.8. The molecule has 0 bridgehead atoms. The summed E-state index contributed by atoms with van der Waals surface area (Å²) in [4.78, 5) is 0. The van der Waals surface area contributed by atoms with Crippen LogP contribution in [0.4, 0.5) is 4.39 Å². The molecule has 19 heavy (non-hydrogen) atoms. The maximum atomic E-state index is 13.5. The van der Waals surface area contributed by atoms with Crippen molar-refractivity contribution in [3.63, 3.8) is 0 Å². The van der Waals surface area contributed by atoms with Gasteiger partial charge in [0.2, 0.25) is 0 Å². The van der Waals surface area contributed by atoms with Crippen LogP contribution in [0, 0.1) is 5.82 Å². The lowest BCUT2D eigenvalue weighted by Gasteiger charge is -2.34. The molecular weight excluding hydrogens is 281 g/mol. The van der Waals surface area contributed by atoms with E-state index < -0.39 is 0 Å². The maximum Gasteiger partial charge on any atom is 0.142 e. The van der Waals surface area contributed by atoms with Gasteiger partial charge in [0, 0.05) is 10.8 Å². The van der Waals surface area contributed by atoms with Gasteiger partial charge in [-0.25, -0.2) is 4.39 Å². The molecule has 2 rings (SSSR count). The van der Waals surface area contributed by atoms with Gasteiger partial charge in [0.1, 0.15) is 5.82 Å². The van der Waals surface area contributed by atoms with Gasteiger partial charge in [0.15, 0.2) is 0 Å². The molecular formula is C15H21ClFNS. The summed E-state index contributed by atoms with van der Waals surface area (Å²) in [5.74, 6) is 0.909. The summed E-state index contributed by atoms with van der Waals surface area (Å²) >= 11 is 7.78. The Hall–Kier alpha value is -0.250. The zero-order valence-electron chi connectivity index (χ0n) is 11.5. The third-order valence-electron chi connectivity index (χ3n) is 3.86. The Labute approximate surface area is 124 Å². The molecule has 1 fully saturated rings. The minimum Gasteiger partial charge on any atom is -0.313 e. The highest BCUT2D eigenvalue weighted by atomic mass is 35.5. The molecule has 1 N–H and O–H groups in total. The number of halogens is 2. The van der Waals surface area contributed by atoms with Gasteiger partial charge in [-0.3, -0.25) is 0 Å². The second-order valence-electron chi connectivity index (χ2n) is 5.33. The van der Waals surface area contributed by atoms with E-state index in [1.807, 2.05) is 17.8 Å². The molecule has 0 aliphatic carbocycles. The van der Waals surface area contributed by atoms with Crippen LogP contribution in [-0.4, -0.2) is 23.1 Å². The SMILES string of the molecule is CCNC(Cc1ccc(Cl)c(F)c1)C1(C)CCCS1. The van der Waals surface area contributed by atoms with E-state index in [1.54, 1.807) is 12.1 Å². The Morgan fingerprint density at radius 3 is 2.89 bits per heavy atom. The van der Waals surface area contributed by atoms with Crippen molar-refractivity contribution < 1.29 is 4.39 Å². The Balaban J connectivity index is 2.13. The topological polar surface area (TPSA) is 12.0 Å². The molecule has 1 aromatic carbocycles. The Morgan fingerprint density at radius 2 is 2.32 bits per heavy atom. The van der Waals surface area contributed by atoms with Crippen molar-refractivity contribution in [2.24, 2.45) is 0 Å². The zero-order chi connectivity index (χ0) is 13.9. The standard InChI is InChI=1S/C15H21ClFNS/c1-3-18-14(15(2)7-4-8-19-15)10-11-5-6-12(16)13(17)9-11/h5-6,9,14,18H,3-4,7-8,10H2,1-2H3. The predicted octanol–water partition coefficient (Wildman–Crippen LogP) is 4.29. The van der Waals surface area contributed by atoms with E-state index in [9.17, 15) is 4.39 Å². The molecule has 4 heteroatoms. The van der Waals surface area contributed by atoms with Gasteiger partial charge in [0.25, 0.3) is 0 Å². The summed E-state index contributed by atoms with van der Waals surface area (Å²) in [5.41, 5.74) is 1.02. The van der Waals surface area contributed by atoms with E-state index in [2.05, 4.69) is 19.2 Å². The van der Waals surface area contributed by atoms with E-state index in [0.717, 1.165) is 18.5 Å². The molecule has 1 aliphatic heterocycles. The Kier molecular flexibility index (Phi) is 5.15. The first-order chi connectivity index (χ1) is 9.05. The number of hydrogen-bond donors (Lipinski definition) is 1. The second-order valence-corrected chi connectivity index (χ2v) is 7.36. The van der Waals surface area contributed by atoms with Gasteiger partial charge in [-0.2, -0.15) is 11.8 Å². The third kappa shape index (κ3) is 3.65. The van der Waals surface area contributed by atoms with Gasteiger partial charge in [-0.15, -0.1) is 0 Å². The number of hydrogen-bond acceptors (Lipinski definition) is 2. The lowest BCUT2D eigenvalue weighted by atomic mass is 9.90. The van der Waals surface area contributed by atoms with Crippen LogP contribution in [0.5, 0.6) is 0 Å². The molecule has 1 aromatic rings. The fourth-order valence-electron chi connectivity index (χ4n) is 2.73. The average molecular weight is 302 g/mol. The number of nitrogens with one attached hydrogen (secondary N) is 1. The van der Waals surface area contributed by atoms with Gasteiger partial charge in [-0.05, 0) is 56.2 Å². The Morgan fingerprint density at radius 1 is 1.53 bits per heavy atom. The highest BCUT2D eigenvalue weighted by Crippen LogP contribution is 2.41. The summed E-state index contributed by atoms with van der Waals surface area (Å²) in [6.07, 6.45) is 3.36. The van der Waals surface area contributed by atoms with Crippen LogP contribution in [0.2, 0.25) is 5.02 Å². The van der Waals surface area contributed by atoms with Crippen molar-refractivity contribution in [1.29, 1.82) is 0 Å². The molecule has 0 radical (unpaired) electrons. The Bertz CT molecular complexity index is 432. The molecule has 1 aliphatic rings. The number of thioether (sulfide) groups is 1. The van der Waals surface area contributed by atoms with Crippen LogP contribution in [0.1, 0.15) is 32.3 Å². The highest BCUT2D eigenvalue weighted by Gasteiger charge is 2.37. The van der Waals surface area contributed by atoms with Crippen molar-refractivity contribution in [2.75, 3.05) is 12.3 Å². The average Bonchev–Trinajstić information content (AvgIpc) is 2.81. The molecule has 2 unspecified atom stereocenters. The first-order valence-corrected chi connectivity index (χ1v) is 8.23. The molecule has 0 amide bonds. The van der Waals surface area contributed by atoms with Gasteiger partial charge < -0.3 is 5.32 Å². The monoisotopic (exact) mass is 301 g/mol. The summed E-state index contributed by atoms with van der Waals surface area (Å²) in [6.45, 7) is 5.39. The summed E-state index contributed by atoms with van der Waals surface area (Å²) in [5, 5.41) is 3.77. The molecule has 0 aromatic heterocycles. The van der Waals surface area contributed by atoms with Gasteiger partial charge in [0.05, 0.1) is 5.02 Å². The van der Waals surface area contributed by atoms with Crippen LogP contribution in [0.15, 0.2) is 18.2 Å². The number of likely N-dealkylation sites (N-methyl/N-ethyl adjacent to an activating group) is 1. The minimum atomic E-state index is -0.321. The van der Waals surface area contributed by atoms with E-state index in [0.29, 0.717) is 6.04 Å². The zero-order valence-corrected chi connectivity index (χ0v) is 13.1. The van der Waals surface area contributed by atoms with Crippen molar-refractivity contribution >= 4 is 23.4 Å². The van der Waals surface area contributed by atoms with Crippen LogP contribution >= 0.6 is 23.4 Å². The van der Waals surface area contributed by atoms with Crippen molar-refractivity contribution in [3.05, 3.63) is 34.6 Å². The fraction of sp³-hybridized carbons (Fsp3) is 0.600. The quantitative estimate of drug-likeness (QED) is 0.871. The van der Waals surface area contributed by atoms with Gasteiger partial charge in [-0.1, -0.05) is 24.6 Å². The highest BCUT2D eigenvalue weighted by molar-refractivity contribution is 8.00. The first-order valence-electron chi connectivity index (χ1n) is 6.86. The normalized spacial score (nSPS) is 24.6. The lowest BCUT2D eigenvalue weighted by Crippen LogP contribution is -2.46. The van der Waals surface area contributed by atoms with E-state index >= 15 is 0 Å². The van der Waals surface area contributed by atoms with E-state index in [4.69, 9.17) is 11.6 Å². The molecule has 2 atom stereocenters. The largest absolute Gasteiger partial charge is 0.313 e. The minimum absolute atomic E-state index is 0.199. The van der Waals surface area contributed by atoms with Gasteiger partial charge >= 0.3 is 0 Å². The van der Waals surface area contributed by atoms with E-state index in [-0.39, 0.29) is 15.6 Å². The predicted molar refractivity (Wildman–Crippen MR) is 82.7 cm³/mol. The summed E-state index contributed by atoms with van der Waals surface area (Å²) in [7, 11) is 0. The van der Waals surface area contributed by atoms with Crippen molar-refractivity contribution in [2.45, 2.75) is 43.9 Å². The van der Waals surface area contributed by atoms with Crippen LogP contribution in [-0.2, 0) is 6.42 Å². The van der Waals surface area contributed by atoms with Crippen LogP contribution < -0.4 is 5.32 Å². The molecule has 0 spiro atoms. The lowest BCUT2D eigenvalue weighted by molar-refractivity contribution is 0.406. The molecule has 1 saturated heterocycles. The van der Waals surface area contributed by atoms with E-state index in [1.165, 1.54) is 18.6 Å². The number of benzene rings is 1. The third-order valence-corrected chi connectivity index (χ3v) is 5.81. The van der Waals surface area contributed by atoms with Crippen LogP contribution in [0.3, 0.4) is 0 Å². The molecule has 1 nitrogen and oxygen atoms in total. The first kappa shape index (κ1) is 15.1.